The minimum Gasteiger partial charge on any atom is -0.384 e. The van der Waals surface area contributed by atoms with Gasteiger partial charge in [0.25, 0.3) is 0 Å². The molecule has 0 heterocycles. The van der Waals surface area contributed by atoms with E-state index in [0.29, 0.717) is 13.0 Å². The van der Waals surface area contributed by atoms with Crippen LogP contribution < -0.4 is 5.32 Å². The lowest BCUT2D eigenvalue weighted by atomic mass is 10.3. The van der Waals surface area contributed by atoms with Crippen LogP contribution in [-0.4, -0.2) is 32.6 Å². The molecule has 0 aliphatic carbocycles. The van der Waals surface area contributed by atoms with Gasteiger partial charge in [-0.2, -0.15) is 0 Å². The van der Waals surface area contributed by atoms with Crippen LogP contribution in [0.3, 0.4) is 0 Å². The van der Waals surface area contributed by atoms with Gasteiger partial charge in [0.15, 0.2) is 0 Å². The lowest BCUT2D eigenvalue weighted by molar-refractivity contribution is -0.117. The number of nitrogens with one attached hydrogen (secondary N) is 1. The molecule has 0 fully saturated rings. The number of Topliss-reactive ketones (excluding diaryl/α,β-unsaturated/α-hetero) is 1. The van der Waals surface area contributed by atoms with Gasteiger partial charge in [-0.1, -0.05) is 41.5 Å². The molecule has 102 valence electrons. The molecule has 1 N–H and O–H groups in total. The molecule has 3 heteroatoms. The first kappa shape index (κ1) is 24.7. The molecule has 0 aromatic rings. The number of carbonyl (C=O) groups excluding carboxylic acids is 1. The minimum atomic E-state index is 0.182. The summed E-state index contributed by atoms with van der Waals surface area (Å²) >= 11 is 0. The Morgan fingerprint density at radius 1 is 1.06 bits per heavy atom. The third-order valence-corrected chi connectivity index (χ3v) is 1.16. The fraction of sp³-hybridized carbons (Fsp3) is 0.923. The molecule has 0 saturated carbocycles. The molecule has 0 aliphatic heterocycles. The van der Waals surface area contributed by atoms with Crippen LogP contribution in [0.2, 0.25) is 0 Å². The van der Waals surface area contributed by atoms with Crippen LogP contribution in [0.15, 0.2) is 0 Å². The third-order valence-electron chi connectivity index (χ3n) is 1.16. The summed E-state index contributed by atoms with van der Waals surface area (Å²) in [7, 11) is 1.59. The first-order valence-corrected chi connectivity index (χ1v) is 6.38. The van der Waals surface area contributed by atoms with Gasteiger partial charge in [-0.3, -0.25) is 4.79 Å². The van der Waals surface area contributed by atoms with Crippen LogP contribution >= 0.6 is 0 Å². The lowest BCUT2D eigenvalue weighted by Crippen LogP contribution is -2.09. The van der Waals surface area contributed by atoms with Crippen molar-refractivity contribution in [2.75, 3.05) is 26.8 Å². The summed E-state index contributed by atoms with van der Waals surface area (Å²) in [6, 6.07) is 0. The molecular formula is C13H33NO2. The van der Waals surface area contributed by atoms with Crippen LogP contribution in [0.5, 0.6) is 0 Å². The Morgan fingerprint density at radius 3 is 1.50 bits per heavy atom. The van der Waals surface area contributed by atoms with Crippen molar-refractivity contribution >= 4 is 5.78 Å². The molecule has 0 aromatic carbocycles. The van der Waals surface area contributed by atoms with Gasteiger partial charge < -0.3 is 10.1 Å². The Hall–Kier alpha value is -0.410. The number of hydrogen-bond donors (Lipinski definition) is 1. The van der Waals surface area contributed by atoms with Gasteiger partial charge in [-0.15, -0.1) is 0 Å². The zero-order chi connectivity index (χ0) is 13.8. The number of ketones is 1. The quantitative estimate of drug-likeness (QED) is 0.794. The van der Waals surface area contributed by atoms with E-state index < -0.39 is 0 Å². The van der Waals surface area contributed by atoms with E-state index in [1.807, 2.05) is 27.7 Å². The number of hydrogen-bond acceptors (Lipinski definition) is 3. The second kappa shape index (κ2) is 36.5. The molecule has 16 heavy (non-hydrogen) atoms. The highest BCUT2D eigenvalue weighted by Crippen LogP contribution is 1.79. The smallest absolute Gasteiger partial charge is 0.132 e. The van der Waals surface area contributed by atoms with E-state index in [1.54, 1.807) is 14.0 Å². The second-order valence-electron chi connectivity index (χ2n) is 2.40. The lowest BCUT2D eigenvalue weighted by Gasteiger charge is -1.89. The molecule has 3 nitrogen and oxygen atoms in total. The Labute approximate surface area is 103 Å². The van der Waals surface area contributed by atoms with Gasteiger partial charge in [0.2, 0.25) is 0 Å². The molecule has 0 amide bonds. The molecule has 0 spiro atoms. The van der Waals surface area contributed by atoms with Crippen molar-refractivity contribution in [2.24, 2.45) is 0 Å². The van der Waals surface area contributed by atoms with Gasteiger partial charge in [-0.25, -0.2) is 0 Å². The molecule has 0 saturated heterocycles. The Kier molecular flexibility index (Phi) is 56.4. The van der Waals surface area contributed by atoms with Crippen molar-refractivity contribution in [1.82, 2.24) is 5.32 Å². The van der Waals surface area contributed by atoms with Gasteiger partial charge in [0.1, 0.15) is 5.78 Å². The topological polar surface area (TPSA) is 38.3 Å². The molecule has 0 aromatic heterocycles. The van der Waals surface area contributed by atoms with Crippen molar-refractivity contribution in [3.05, 3.63) is 0 Å². The average molecular weight is 235 g/mol. The third kappa shape index (κ3) is 68.9. The van der Waals surface area contributed by atoms with E-state index in [4.69, 9.17) is 0 Å². The maximum Gasteiger partial charge on any atom is 0.132 e. The summed E-state index contributed by atoms with van der Waals surface area (Å²) in [5.41, 5.74) is 0. The summed E-state index contributed by atoms with van der Waals surface area (Å²) in [5.74, 6) is 0.182. The predicted molar refractivity (Wildman–Crippen MR) is 74.1 cm³/mol. The second-order valence-corrected chi connectivity index (χ2v) is 2.40. The monoisotopic (exact) mass is 235 g/mol. The first-order valence-electron chi connectivity index (χ1n) is 6.38. The van der Waals surface area contributed by atoms with Crippen molar-refractivity contribution < 1.29 is 9.53 Å². The van der Waals surface area contributed by atoms with Crippen molar-refractivity contribution in [1.29, 1.82) is 0 Å². The SMILES string of the molecule is CC.CC.CCNCC.COCCC(C)=O. The average Bonchev–Trinajstić information content (AvgIpc) is 2.33. The van der Waals surface area contributed by atoms with E-state index in [1.165, 1.54) is 0 Å². The first-order chi connectivity index (χ1) is 7.68. The van der Waals surface area contributed by atoms with E-state index in [2.05, 4.69) is 23.9 Å². The largest absolute Gasteiger partial charge is 0.384 e. The van der Waals surface area contributed by atoms with Crippen molar-refractivity contribution in [3.8, 4) is 0 Å². The normalized spacial score (nSPS) is 7.25. The standard InChI is InChI=1S/C5H10O2.C4H11N.2C2H6/c1-5(6)3-4-7-2;1-3-5-4-2;2*1-2/h3-4H2,1-2H3;5H,3-4H2,1-2H3;2*1-2H3. The van der Waals surface area contributed by atoms with Crippen LogP contribution in [0.1, 0.15) is 54.9 Å². The summed E-state index contributed by atoms with van der Waals surface area (Å²) in [5, 5.41) is 3.11. The molecule has 0 bridgehead atoms. The van der Waals surface area contributed by atoms with Gasteiger partial charge in [-0.05, 0) is 20.0 Å². The maximum atomic E-state index is 10.1. The molecular weight excluding hydrogens is 202 g/mol. The number of carbonyl (C=O) groups is 1. The number of ether oxygens (including phenoxy) is 1. The van der Waals surface area contributed by atoms with E-state index in [9.17, 15) is 4.79 Å². The summed E-state index contributed by atoms with van der Waals surface area (Å²) in [6.45, 7) is 16.5. The zero-order valence-corrected chi connectivity index (χ0v) is 12.6. The van der Waals surface area contributed by atoms with Crippen molar-refractivity contribution in [2.45, 2.75) is 54.9 Å². The van der Waals surface area contributed by atoms with E-state index >= 15 is 0 Å². The molecule has 0 radical (unpaired) electrons. The van der Waals surface area contributed by atoms with Crippen LogP contribution in [-0.2, 0) is 9.53 Å². The zero-order valence-electron chi connectivity index (χ0n) is 12.6. The Balaban J connectivity index is -0.0000000704. The van der Waals surface area contributed by atoms with Gasteiger partial charge in [0.05, 0.1) is 6.61 Å². The van der Waals surface area contributed by atoms with E-state index in [0.717, 1.165) is 13.1 Å². The molecule has 0 atom stereocenters. The molecule has 0 unspecified atom stereocenters. The highest BCUT2D eigenvalue weighted by atomic mass is 16.5. The van der Waals surface area contributed by atoms with Crippen LogP contribution in [0.4, 0.5) is 0 Å². The fourth-order valence-corrected chi connectivity index (χ4v) is 0.496. The number of rotatable bonds is 5. The highest BCUT2D eigenvalue weighted by molar-refractivity contribution is 5.75. The van der Waals surface area contributed by atoms with Crippen LogP contribution in [0.25, 0.3) is 0 Å². The minimum absolute atomic E-state index is 0.182. The van der Waals surface area contributed by atoms with Gasteiger partial charge in [0, 0.05) is 13.5 Å². The van der Waals surface area contributed by atoms with E-state index in [-0.39, 0.29) is 5.78 Å². The molecule has 0 rings (SSSR count). The highest BCUT2D eigenvalue weighted by Gasteiger charge is 1.87. The Morgan fingerprint density at radius 2 is 1.44 bits per heavy atom. The summed E-state index contributed by atoms with van der Waals surface area (Å²) < 4.78 is 4.63. The maximum absolute atomic E-state index is 10.1. The van der Waals surface area contributed by atoms with Gasteiger partial charge >= 0.3 is 0 Å². The number of methoxy groups -OCH3 is 1. The van der Waals surface area contributed by atoms with Crippen molar-refractivity contribution in [3.63, 3.8) is 0 Å². The molecule has 0 aliphatic rings. The fourth-order valence-electron chi connectivity index (χ4n) is 0.496. The van der Waals surface area contributed by atoms with Crippen LogP contribution in [0, 0.1) is 0 Å². The predicted octanol–water partition coefficient (Wildman–Crippen LogP) is 3.28. The summed E-state index contributed by atoms with van der Waals surface area (Å²) in [4.78, 5) is 10.1. The summed E-state index contributed by atoms with van der Waals surface area (Å²) in [6.07, 6.45) is 0.538. The Bertz CT molecular complexity index is 93.9.